The Kier molecular flexibility index (Phi) is 5.26. The molecule has 7 heteroatoms. The first-order valence-corrected chi connectivity index (χ1v) is 9.40. The summed E-state index contributed by atoms with van der Waals surface area (Å²) in [5.41, 5.74) is 3.55. The van der Waals surface area contributed by atoms with E-state index in [0.717, 1.165) is 5.56 Å². The number of hydrogen-bond donors (Lipinski definition) is 0. The zero-order valence-corrected chi connectivity index (χ0v) is 16.3. The third kappa shape index (κ3) is 3.91. The molecule has 7 nitrogen and oxygen atoms in total. The molecule has 0 unspecified atom stereocenters. The van der Waals surface area contributed by atoms with Crippen molar-refractivity contribution in [1.82, 2.24) is 0 Å². The highest BCUT2D eigenvalue weighted by molar-refractivity contribution is 6.17. The second-order valence-electron chi connectivity index (χ2n) is 6.86. The zero-order chi connectivity index (χ0) is 21.1. The van der Waals surface area contributed by atoms with Crippen LogP contribution in [0.5, 0.6) is 5.75 Å². The largest absolute Gasteiger partial charge is 0.497 e. The molecule has 1 heterocycles. The van der Waals surface area contributed by atoms with Gasteiger partial charge in [-0.1, -0.05) is 30.3 Å². The van der Waals surface area contributed by atoms with E-state index in [-0.39, 0.29) is 18.0 Å². The Morgan fingerprint density at radius 1 is 1.07 bits per heavy atom. The molecule has 0 aromatic heterocycles. The van der Waals surface area contributed by atoms with Crippen molar-refractivity contribution in [3.63, 3.8) is 0 Å². The lowest BCUT2D eigenvalue weighted by atomic mass is 10.1. The maximum atomic E-state index is 13.2. The number of nitro groups is 1. The summed E-state index contributed by atoms with van der Waals surface area (Å²) in [6.07, 6.45) is 0.0850. The molecule has 150 valence electrons. The molecule has 3 aromatic carbocycles. The van der Waals surface area contributed by atoms with Crippen LogP contribution in [-0.2, 0) is 11.3 Å². The second kappa shape index (κ2) is 8.16. The highest BCUT2D eigenvalue weighted by Crippen LogP contribution is 2.37. The molecule has 0 N–H and O–H groups in total. The predicted octanol–water partition coefficient (Wildman–Crippen LogP) is 4.66. The fourth-order valence-electron chi connectivity index (χ4n) is 3.38. The Labute approximate surface area is 173 Å². The number of anilines is 1. The van der Waals surface area contributed by atoms with Crippen molar-refractivity contribution in [2.75, 3.05) is 12.0 Å². The molecular weight excluding hydrogens is 382 g/mol. The van der Waals surface area contributed by atoms with Gasteiger partial charge in [-0.2, -0.15) is 0 Å². The molecule has 3 aromatic rings. The van der Waals surface area contributed by atoms with Gasteiger partial charge in [0, 0.05) is 18.2 Å². The number of fused-ring (bicyclic) bond motifs is 1. The van der Waals surface area contributed by atoms with Crippen molar-refractivity contribution < 1.29 is 14.5 Å². The number of benzene rings is 3. The van der Waals surface area contributed by atoms with Crippen LogP contribution in [0.25, 0.3) is 0 Å². The summed E-state index contributed by atoms with van der Waals surface area (Å²) in [6.45, 7) is 0.406. The first-order valence-electron chi connectivity index (χ1n) is 9.40. The van der Waals surface area contributed by atoms with Gasteiger partial charge in [-0.15, -0.1) is 0 Å². The molecule has 0 aliphatic carbocycles. The van der Waals surface area contributed by atoms with Crippen LogP contribution >= 0.6 is 0 Å². The van der Waals surface area contributed by atoms with E-state index in [4.69, 9.17) is 9.73 Å². The van der Waals surface area contributed by atoms with E-state index in [0.29, 0.717) is 34.9 Å². The van der Waals surface area contributed by atoms with Crippen molar-refractivity contribution in [1.29, 1.82) is 0 Å². The molecule has 0 spiro atoms. The summed E-state index contributed by atoms with van der Waals surface area (Å²) in [7, 11) is 1.58. The second-order valence-corrected chi connectivity index (χ2v) is 6.86. The Morgan fingerprint density at radius 3 is 2.47 bits per heavy atom. The number of hydrogen-bond acceptors (Lipinski definition) is 5. The number of carbonyl (C=O) groups excluding carboxylic acids is 1. The van der Waals surface area contributed by atoms with E-state index in [1.54, 1.807) is 36.3 Å². The average Bonchev–Trinajstić information content (AvgIpc) is 2.90. The van der Waals surface area contributed by atoms with Crippen LogP contribution in [0.15, 0.2) is 77.8 Å². The third-order valence-corrected chi connectivity index (χ3v) is 4.94. The molecule has 1 amide bonds. The topological polar surface area (TPSA) is 85.0 Å². The number of non-ortho nitro benzene ring substituents is 1. The number of nitro benzene ring substituents is 1. The van der Waals surface area contributed by atoms with E-state index in [1.165, 1.54) is 12.1 Å². The minimum Gasteiger partial charge on any atom is -0.497 e. The Morgan fingerprint density at radius 2 is 1.80 bits per heavy atom. The summed E-state index contributed by atoms with van der Waals surface area (Å²) in [6, 6.07) is 21.2. The maximum Gasteiger partial charge on any atom is 0.269 e. The van der Waals surface area contributed by atoms with Crippen LogP contribution < -0.4 is 9.64 Å². The lowest BCUT2D eigenvalue weighted by molar-refractivity contribution is -0.384. The number of aliphatic imine (C=N–C) groups is 1. The smallest absolute Gasteiger partial charge is 0.269 e. The van der Waals surface area contributed by atoms with Crippen LogP contribution in [0.4, 0.5) is 17.1 Å². The Bertz CT molecular complexity index is 1120. The zero-order valence-electron chi connectivity index (χ0n) is 16.3. The highest BCUT2D eigenvalue weighted by Gasteiger charge is 2.26. The molecule has 30 heavy (non-hydrogen) atoms. The first kappa shape index (κ1) is 19.3. The lowest BCUT2D eigenvalue weighted by Crippen LogP contribution is -2.31. The van der Waals surface area contributed by atoms with Crippen LogP contribution in [-0.4, -0.2) is 23.7 Å². The van der Waals surface area contributed by atoms with E-state index in [9.17, 15) is 14.9 Å². The minimum absolute atomic E-state index is 0.00450. The van der Waals surface area contributed by atoms with E-state index in [2.05, 4.69) is 0 Å². The number of amides is 1. The van der Waals surface area contributed by atoms with Gasteiger partial charge in [0.1, 0.15) is 5.75 Å². The lowest BCUT2D eigenvalue weighted by Gasteiger charge is -2.23. The van der Waals surface area contributed by atoms with Crippen molar-refractivity contribution in [3.05, 3.63) is 94.0 Å². The molecule has 0 radical (unpaired) electrons. The van der Waals surface area contributed by atoms with E-state index in [1.807, 2.05) is 36.4 Å². The standard InChI is InChI=1S/C23H19N3O4/c1-30-19-11-12-20-22(13-19)25(15-16-5-3-2-4-6-16)23(27)14-21(24-20)17-7-9-18(10-8-17)26(28)29/h2-13H,14-15H2,1H3. The fraction of sp³-hybridized carbons (Fsp3) is 0.130. The first-order chi connectivity index (χ1) is 14.5. The van der Waals surface area contributed by atoms with Crippen molar-refractivity contribution in [2.24, 2.45) is 4.99 Å². The van der Waals surface area contributed by atoms with Gasteiger partial charge in [-0.05, 0) is 35.4 Å². The Hall–Kier alpha value is -4.00. The monoisotopic (exact) mass is 401 g/mol. The Balaban J connectivity index is 1.76. The number of rotatable bonds is 5. The number of ether oxygens (including phenoxy) is 1. The van der Waals surface area contributed by atoms with Crippen molar-refractivity contribution >= 4 is 28.7 Å². The average molecular weight is 401 g/mol. The number of methoxy groups -OCH3 is 1. The molecule has 0 bridgehead atoms. The summed E-state index contributed by atoms with van der Waals surface area (Å²) < 4.78 is 5.35. The minimum atomic E-state index is -0.451. The van der Waals surface area contributed by atoms with Gasteiger partial charge >= 0.3 is 0 Å². The molecule has 0 fully saturated rings. The summed E-state index contributed by atoms with van der Waals surface area (Å²) in [5.74, 6) is 0.525. The SMILES string of the molecule is COc1ccc2c(c1)N(Cc1ccccc1)C(=O)CC(c1ccc([N+](=O)[O-])cc1)=N2. The summed E-state index contributed by atoms with van der Waals surface area (Å²) in [5, 5.41) is 10.9. The van der Waals surface area contributed by atoms with Crippen molar-refractivity contribution in [3.8, 4) is 5.75 Å². The van der Waals surface area contributed by atoms with Gasteiger partial charge in [0.05, 0.1) is 42.1 Å². The summed E-state index contributed by atoms with van der Waals surface area (Å²) in [4.78, 5) is 30.2. The van der Waals surface area contributed by atoms with Gasteiger partial charge in [0.2, 0.25) is 5.91 Å². The fourth-order valence-corrected chi connectivity index (χ4v) is 3.38. The molecule has 4 rings (SSSR count). The van der Waals surface area contributed by atoms with Gasteiger partial charge in [-0.3, -0.25) is 19.9 Å². The molecule has 1 aliphatic heterocycles. The third-order valence-electron chi connectivity index (χ3n) is 4.94. The number of carbonyl (C=O) groups is 1. The molecule has 0 saturated heterocycles. The van der Waals surface area contributed by atoms with Gasteiger partial charge in [-0.25, -0.2) is 0 Å². The van der Waals surface area contributed by atoms with Gasteiger partial charge < -0.3 is 9.64 Å². The predicted molar refractivity (Wildman–Crippen MR) is 115 cm³/mol. The summed E-state index contributed by atoms with van der Waals surface area (Å²) >= 11 is 0. The molecule has 0 saturated carbocycles. The van der Waals surface area contributed by atoms with Crippen LogP contribution in [0.2, 0.25) is 0 Å². The molecule has 0 atom stereocenters. The maximum absolute atomic E-state index is 13.2. The quantitative estimate of drug-likeness (QED) is 0.460. The van der Waals surface area contributed by atoms with Crippen LogP contribution in [0.3, 0.4) is 0 Å². The normalized spacial score (nSPS) is 13.3. The van der Waals surface area contributed by atoms with Crippen molar-refractivity contribution in [2.45, 2.75) is 13.0 Å². The van der Waals surface area contributed by atoms with Crippen LogP contribution in [0.1, 0.15) is 17.5 Å². The van der Waals surface area contributed by atoms with Gasteiger partial charge in [0.15, 0.2) is 0 Å². The number of nitrogens with zero attached hydrogens (tertiary/aromatic N) is 3. The van der Waals surface area contributed by atoms with E-state index >= 15 is 0 Å². The van der Waals surface area contributed by atoms with Crippen LogP contribution in [0, 0.1) is 10.1 Å². The van der Waals surface area contributed by atoms with Gasteiger partial charge in [0.25, 0.3) is 5.69 Å². The molecule has 1 aliphatic rings. The highest BCUT2D eigenvalue weighted by atomic mass is 16.6. The molecular formula is C23H19N3O4. The van der Waals surface area contributed by atoms with E-state index < -0.39 is 4.92 Å².